The Hall–Kier alpha value is 0.180. The lowest BCUT2D eigenvalue weighted by molar-refractivity contribution is 0.0584. The maximum Gasteiger partial charge on any atom is 0.0597 e. The van der Waals surface area contributed by atoms with Crippen molar-refractivity contribution < 1.29 is 4.74 Å². The molecule has 0 N–H and O–H groups in total. The van der Waals surface area contributed by atoms with Crippen molar-refractivity contribution in [3.8, 4) is 0 Å². The van der Waals surface area contributed by atoms with Gasteiger partial charge in [0.05, 0.1) is 6.10 Å². The van der Waals surface area contributed by atoms with E-state index in [0.717, 1.165) is 18.2 Å². The molecule has 1 nitrogen and oxygen atoms in total. The van der Waals surface area contributed by atoms with E-state index in [1.807, 2.05) is 0 Å². The minimum atomic E-state index is 0.402. The predicted molar refractivity (Wildman–Crippen MR) is 62.4 cm³/mol. The highest BCUT2D eigenvalue weighted by Gasteiger charge is 2.11. The van der Waals surface area contributed by atoms with Crippen molar-refractivity contribution in [2.45, 2.75) is 39.7 Å². The molecule has 13 heavy (non-hydrogen) atoms. The molecule has 0 amide bonds. The first kappa shape index (κ1) is 13.2. The van der Waals surface area contributed by atoms with E-state index in [1.165, 1.54) is 5.57 Å². The van der Waals surface area contributed by atoms with Crippen molar-refractivity contribution in [3.63, 3.8) is 0 Å². The van der Waals surface area contributed by atoms with E-state index >= 15 is 0 Å². The van der Waals surface area contributed by atoms with Crippen molar-refractivity contribution in [2.24, 2.45) is 5.92 Å². The number of ether oxygens (including phenoxy) is 1. The molecule has 0 rings (SSSR count). The number of hydrogen-bond donors (Lipinski definition) is 0. The summed E-state index contributed by atoms with van der Waals surface area (Å²) in [6, 6.07) is 0. The predicted octanol–water partition coefficient (Wildman–Crippen LogP) is 3.78. The molecular formula is C11H21BrO. The second-order valence-electron chi connectivity index (χ2n) is 3.76. The van der Waals surface area contributed by atoms with Crippen molar-refractivity contribution in [3.05, 3.63) is 11.6 Å². The minimum Gasteiger partial charge on any atom is -0.381 e. The van der Waals surface area contributed by atoms with E-state index in [1.54, 1.807) is 7.11 Å². The van der Waals surface area contributed by atoms with Gasteiger partial charge in [-0.05, 0) is 25.7 Å². The first-order chi connectivity index (χ1) is 6.11. The first-order valence-electron chi connectivity index (χ1n) is 4.86. The van der Waals surface area contributed by atoms with E-state index in [4.69, 9.17) is 4.74 Å². The molecule has 2 heteroatoms. The highest BCUT2D eigenvalue weighted by Crippen LogP contribution is 2.15. The second kappa shape index (κ2) is 7.57. The van der Waals surface area contributed by atoms with Crippen LogP contribution >= 0.6 is 15.9 Å². The standard InChI is InChI=1S/C11H21BrO/c1-9(2)11(13-4)6-5-10(3)7-8-12/h7,9,11H,5-6,8H2,1-4H3. The van der Waals surface area contributed by atoms with Crippen LogP contribution in [0.15, 0.2) is 11.6 Å². The van der Waals surface area contributed by atoms with Crippen LogP contribution in [0.2, 0.25) is 0 Å². The quantitative estimate of drug-likeness (QED) is 0.514. The smallest absolute Gasteiger partial charge is 0.0597 e. The molecule has 0 aromatic rings. The zero-order chi connectivity index (χ0) is 10.3. The van der Waals surface area contributed by atoms with Crippen LogP contribution in [0.5, 0.6) is 0 Å². The summed E-state index contributed by atoms with van der Waals surface area (Å²) in [5.41, 5.74) is 1.44. The van der Waals surface area contributed by atoms with Gasteiger partial charge in [-0.2, -0.15) is 0 Å². The Morgan fingerprint density at radius 3 is 2.46 bits per heavy atom. The molecule has 0 aromatic heterocycles. The van der Waals surface area contributed by atoms with Crippen LogP contribution in [0.25, 0.3) is 0 Å². The van der Waals surface area contributed by atoms with Crippen LogP contribution in [0.3, 0.4) is 0 Å². The van der Waals surface area contributed by atoms with E-state index in [0.29, 0.717) is 12.0 Å². The van der Waals surface area contributed by atoms with Gasteiger partial charge < -0.3 is 4.74 Å². The number of methoxy groups -OCH3 is 1. The van der Waals surface area contributed by atoms with Crippen LogP contribution in [-0.2, 0) is 4.74 Å². The molecule has 1 atom stereocenters. The SMILES string of the molecule is COC(CCC(C)=CCBr)C(C)C. The number of halogens is 1. The highest BCUT2D eigenvalue weighted by molar-refractivity contribution is 9.09. The van der Waals surface area contributed by atoms with Crippen LogP contribution < -0.4 is 0 Å². The summed E-state index contributed by atoms with van der Waals surface area (Å²) in [6.45, 7) is 6.59. The summed E-state index contributed by atoms with van der Waals surface area (Å²) in [6.07, 6.45) is 4.89. The molecule has 0 saturated carbocycles. The third-order valence-electron chi connectivity index (χ3n) is 2.30. The number of rotatable bonds is 6. The molecule has 0 aliphatic rings. The van der Waals surface area contributed by atoms with Gasteiger partial charge in [-0.15, -0.1) is 0 Å². The van der Waals surface area contributed by atoms with Gasteiger partial charge in [0, 0.05) is 12.4 Å². The molecule has 0 bridgehead atoms. The third kappa shape index (κ3) is 6.28. The van der Waals surface area contributed by atoms with Gasteiger partial charge >= 0.3 is 0 Å². The summed E-state index contributed by atoms with van der Waals surface area (Å²) in [5.74, 6) is 0.613. The topological polar surface area (TPSA) is 9.23 Å². The van der Waals surface area contributed by atoms with E-state index in [-0.39, 0.29) is 0 Å². The van der Waals surface area contributed by atoms with Crippen molar-refractivity contribution >= 4 is 15.9 Å². The van der Waals surface area contributed by atoms with Gasteiger partial charge in [0.25, 0.3) is 0 Å². The molecule has 0 heterocycles. The largest absolute Gasteiger partial charge is 0.381 e. The molecule has 0 radical (unpaired) electrons. The van der Waals surface area contributed by atoms with Crippen LogP contribution in [0, 0.1) is 5.92 Å². The lowest BCUT2D eigenvalue weighted by Crippen LogP contribution is -2.17. The van der Waals surface area contributed by atoms with E-state index < -0.39 is 0 Å². The summed E-state index contributed by atoms with van der Waals surface area (Å²) >= 11 is 3.40. The molecule has 0 saturated heterocycles. The highest BCUT2D eigenvalue weighted by atomic mass is 79.9. The molecule has 0 aliphatic heterocycles. The lowest BCUT2D eigenvalue weighted by Gasteiger charge is -2.18. The van der Waals surface area contributed by atoms with Gasteiger partial charge in [-0.25, -0.2) is 0 Å². The molecular weight excluding hydrogens is 228 g/mol. The summed E-state index contributed by atoms with van der Waals surface area (Å²) in [4.78, 5) is 0. The molecule has 78 valence electrons. The molecule has 0 aliphatic carbocycles. The van der Waals surface area contributed by atoms with Gasteiger partial charge in [0.15, 0.2) is 0 Å². The average molecular weight is 249 g/mol. The third-order valence-corrected chi connectivity index (χ3v) is 2.62. The Kier molecular flexibility index (Phi) is 7.68. The Morgan fingerprint density at radius 2 is 2.08 bits per heavy atom. The molecule has 1 unspecified atom stereocenters. The second-order valence-corrected chi connectivity index (χ2v) is 4.41. The van der Waals surface area contributed by atoms with Gasteiger partial charge in [-0.1, -0.05) is 41.4 Å². The summed E-state index contributed by atoms with van der Waals surface area (Å²) in [5, 5.41) is 0.957. The van der Waals surface area contributed by atoms with E-state index in [2.05, 4.69) is 42.8 Å². The summed E-state index contributed by atoms with van der Waals surface area (Å²) in [7, 11) is 1.80. The molecule has 0 aromatic carbocycles. The fourth-order valence-corrected chi connectivity index (χ4v) is 1.88. The van der Waals surface area contributed by atoms with Crippen LogP contribution in [0.4, 0.5) is 0 Å². The fraction of sp³-hybridized carbons (Fsp3) is 0.818. The number of alkyl halides is 1. The normalized spacial score (nSPS) is 15.1. The fourth-order valence-electron chi connectivity index (χ4n) is 1.33. The van der Waals surface area contributed by atoms with Crippen molar-refractivity contribution in [1.82, 2.24) is 0 Å². The van der Waals surface area contributed by atoms with Crippen molar-refractivity contribution in [1.29, 1.82) is 0 Å². The maximum atomic E-state index is 5.40. The van der Waals surface area contributed by atoms with Crippen LogP contribution in [0.1, 0.15) is 33.6 Å². The lowest BCUT2D eigenvalue weighted by atomic mass is 10.00. The van der Waals surface area contributed by atoms with Gasteiger partial charge in [0.1, 0.15) is 0 Å². The van der Waals surface area contributed by atoms with Gasteiger partial charge in [-0.3, -0.25) is 0 Å². The zero-order valence-electron chi connectivity index (χ0n) is 9.14. The Balaban J connectivity index is 3.78. The Bertz CT molecular complexity index is 152. The number of allylic oxidation sites excluding steroid dienone is 2. The van der Waals surface area contributed by atoms with E-state index in [9.17, 15) is 0 Å². The zero-order valence-corrected chi connectivity index (χ0v) is 10.7. The molecule has 0 spiro atoms. The first-order valence-corrected chi connectivity index (χ1v) is 5.98. The van der Waals surface area contributed by atoms with Gasteiger partial charge in [0.2, 0.25) is 0 Å². The van der Waals surface area contributed by atoms with Crippen molar-refractivity contribution in [2.75, 3.05) is 12.4 Å². The molecule has 0 fully saturated rings. The van der Waals surface area contributed by atoms with Crippen LogP contribution in [-0.4, -0.2) is 18.5 Å². The number of hydrogen-bond acceptors (Lipinski definition) is 1. The summed E-state index contributed by atoms with van der Waals surface area (Å²) < 4.78 is 5.40. The maximum absolute atomic E-state index is 5.40. The average Bonchev–Trinajstić information content (AvgIpc) is 2.05. The minimum absolute atomic E-state index is 0.402. The Labute approximate surface area is 90.7 Å². The monoisotopic (exact) mass is 248 g/mol. The Morgan fingerprint density at radius 1 is 1.46 bits per heavy atom.